The summed E-state index contributed by atoms with van der Waals surface area (Å²) < 4.78 is 14.9. The second-order valence-electron chi connectivity index (χ2n) is 3.00. The average Bonchev–Trinajstić information content (AvgIpc) is 2.51. The van der Waals surface area contributed by atoms with Crippen LogP contribution < -0.4 is 0 Å². The van der Waals surface area contributed by atoms with Gasteiger partial charge in [-0.1, -0.05) is 57.3 Å². The number of hydrogen-bond donors (Lipinski definition) is 0. The fraction of sp³-hybridized carbons (Fsp3) is 0.750. The summed E-state index contributed by atoms with van der Waals surface area (Å²) in [5.41, 5.74) is 0. The standard InChI is InChI=1S/C8H10BrCl3O3/c1-5(9)2-13-3-6-4-14-7(15-6)8(10,11)12/h6-7H,1-4H2. The van der Waals surface area contributed by atoms with Gasteiger partial charge in [0.1, 0.15) is 6.10 Å². The van der Waals surface area contributed by atoms with Gasteiger partial charge in [0.15, 0.2) is 0 Å². The lowest BCUT2D eigenvalue weighted by molar-refractivity contribution is -0.0661. The molecule has 0 aromatic heterocycles. The van der Waals surface area contributed by atoms with Gasteiger partial charge >= 0.3 is 0 Å². The molecule has 0 radical (unpaired) electrons. The molecule has 1 fully saturated rings. The number of halogens is 4. The van der Waals surface area contributed by atoms with Gasteiger partial charge in [-0.2, -0.15) is 0 Å². The molecular weight excluding hydrogens is 330 g/mol. The highest BCUT2D eigenvalue weighted by molar-refractivity contribution is 9.11. The molecule has 1 saturated heterocycles. The first kappa shape index (κ1) is 14.0. The summed E-state index contributed by atoms with van der Waals surface area (Å²) in [4.78, 5) is 0. The van der Waals surface area contributed by atoms with Crippen molar-refractivity contribution in [3.63, 3.8) is 0 Å². The SMILES string of the molecule is C=C(Br)COCC1COC(C(Cl)(Cl)Cl)O1. The van der Waals surface area contributed by atoms with E-state index in [1.54, 1.807) is 0 Å². The predicted molar refractivity (Wildman–Crippen MR) is 63.8 cm³/mol. The number of hydrogen-bond acceptors (Lipinski definition) is 3. The normalized spacial score (nSPS) is 26.9. The fourth-order valence-corrected chi connectivity index (χ4v) is 1.51. The Hall–Kier alpha value is 0.970. The summed E-state index contributed by atoms with van der Waals surface area (Å²) in [6.07, 6.45) is -1.04. The molecule has 0 N–H and O–H groups in total. The molecule has 2 atom stereocenters. The minimum atomic E-state index is -1.56. The lowest BCUT2D eigenvalue weighted by atomic mass is 10.4. The molecule has 0 spiro atoms. The molecule has 0 aromatic carbocycles. The van der Waals surface area contributed by atoms with Crippen LogP contribution in [-0.2, 0) is 14.2 Å². The van der Waals surface area contributed by atoms with Crippen molar-refractivity contribution in [2.24, 2.45) is 0 Å². The molecule has 0 saturated carbocycles. The Labute approximate surface area is 112 Å². The Bertz CT molecular complexity index is 232. The molecule has 1 aliphatic rings. The van der Waals surface area contributed by atoms with E-state index in [2.05, 4.69) is 22.5 Å². The van der Waals surface area contributed by atoms with Crippen molar-refractivity contribution in [2.75, 3.05) is 19.8 Å². The third-order valence-corrected chi connectivity index (χ3v) is 2.34. The van der Waals surface area contributed by atoms with E-state index in [1.165, 1.54) is 0 Å². The predicted octanol–water partition coefficient (Wildman–Crippen LogP) is 3.02. The molecule has 1 rings (SSSR count). The van der Waals surface area contributed by atoms with Crippen LogP contribution in [0, 0.1) is 0 Å². The first-order valence-corrected chi connectivity index (χ1v) is 6.07. The molecular formula is C8H10BrCl3O3. The second kappa shape index (κ2) is 6.05. The molecule has 1 heterocycles. The summed E-state index contributed by atoms with van der Waals surface area (Å²) in [5, 5.41) is 0. The zero-order valence-electron chi connectivity index (χ0n) is 7.72. The zero-order chi connectivity index (χ0) is 11.5. The maximum absolute atomic E-state index is 5.61. The molecule has 2 unspecified atom stereocenters. The molecule has 7 heteroatoms. The van der Waals surface area contributed by atoms with Crippen LogP contribution in [0.4, 0.5) is 0 Å². The lowest BCUT2D eigenvalue weighted by Crippen LogP contribution is -2.28. The highest BCUT2D eigenvalue weighted by atomic mass is 79.9. The van der Waals surface area contributed by atoms with Crippen LogP contribution in [0.3, 0.4) is 0 Å². The van der Waals surface area contributed by atoms with Crippen LogP contribution in [0.15, 0.2) is 11.1 Å². The average molecular weight is 340 g/mol. The van der Waals surface area contributed by atoms with Gasteiger partial charge in [-0.15, -0.1) is 0 Å². The summed E-state index contributed by atoms with van der Waals surface area (Å²) >= 11 is 20.0. The van der Waals surface area contributed by atoms with Crippen LogP contribution >= 0.6 is 50.7 Å². The van der Waals surface area contributed by atoms with Crippen LogP contribution in [0.2, 0.25) is 0 Å². The van der Waals surface area contributed by atoms with E-state index < -0.39 is 10.1 Å². The summed E-state index contributed by atoms with van der Waals surface area (Å²) in [7, 11) is 0. The van der Waals surface area contributed by atoms with Crippen LogP contribution in [0.5, 0.6) is 0 Å². The molecule has 0 aromatic rings. The van der Waals surface area contributed by atoms with Crippen molar-refractivity contribution in [1.29, 1.82) is 0 Å². The van der Waals surface area contributed by atoms with Gasteiger partial charge in [0, 0.05) is 4.48 Å². The Morgan fingerprint density at radius 3 is 2.67 bits per heavy atom. The van der Waals surface area contributed by atoms with Crippen molar-refractivity contribution in [3.8, 4) is 0 Å². The lowest BCUT2D eigenvalue weighted by Gasteiger charge is -2.18. The minimum Gasteiger partial charge on any atom is -0.373 e. The Morgan fingerprint density at radius 1 is 1.53 bits per heavy atom. The topological polar surface area (TPSA) is 27.7 Å². The Kier molecular flexibility index (Phi) is 5.66. The van der Waals surface area contributed by atoms with E-state index in [9.17, 15) is 0 Å². The molecule has 0 aliphatic carbocycles. The van der Waals surface area contributed by atoms with Crippen molar-refractivity contribution < 1.29 is 14.2 Å². The maximum Gasteiger partial charge on any atom is 0.240 e. The summed E-state index contributed by atoms with van der Waals surface area (Å²) in [6.45, 7) is 4.78. The fourth-order valence-electron chi connectivity index (χ4n) is 1.01. The monoisotopic (exact) mass is 338 g/mol. The Morgan fingerprint density at radius 2 is 2.20 bits per heavy atom. The van der Waals surface area contributed by atoms with Crippen LogP contribution in [0.25, 0.3) is 0 Å². The van der Waals surface area contributed by atoms with E-state index >= 15 is 0 Å². The quantitative estimate of drug-likeness (QED) is 0.736. The molecule has 3 nitrogen and oxygen atoms in total. The number of rotatable bonds is 4. The second-order valence-corrected chi connectivity index (χ2v) is 6.49. The first-order chi connectivity index (χ1) is 6.89. The Balaban J connectivity index is 2.22. The largest absolute Gasteiger partial charge is 0.373 e. The highest BCUT2D eigenvalue weighted by Gasteiger charge is 2.41. The third kappa shape index (κ3) is 5.22. The molecule has 15 heavy (non-hydrogen) atoms. The van der Waals surface area contributed by atoms with Crippen molar-refractivity contribution in [3.05, 3.63) is 11.1 Å². The first-order valence-electron chi connectivity index (χ1n) is 4.14. The number of alkyl halides is 3. The van der Waals surface area contributed by atoms with Crippen molar-refractivity contribution >= 4 is 50.7 Å². The summed E-state index contributed by atoms with van der Waals surface area (Å²) in [6, 6.07) is 0. The van der Waals surface area contributed by atoms with Gasteiger partial charge in [0.05, 0.1) is 19.8 Å². The highest BCUT2D eigenvalue weighted by Crippen LogP contribution is 2.36. The van der Waals surface area contributed by atoms with Crippen LogP contribution in [-0.4, -0.2) is 36.0 Å². The van der Waals surface area contributed by atoms with Crippen molar-refractivity contribution in [2.45, 2.75) is 16.2 Å². The molecule has 88 valence electrons. The van der Waals surface area contributed by atoms with Gasteiger partial charge in [-0.05, 0) is 0 Å². The molecule has 0 amide bonds. The number of ether oxygens (including phenoxy) is 3. The van der Waals surface area contributed by atoms with Gasteiger partial charge in [-0.25, -0.2) is 0 Å². The van der Waals surface area contributed by atoms with E-state index in [1.807, 2.05) is 0 Å². The smallest absolute Gasteiger partial charge is 0.240 e. The van der Waals surface area contributed by atoms with E-state index in [-0.39, 0.29) is 6.10 Å². The van der Waals surface area contributed by atoms with Gasteiger partial charge in [-0.3, -0.25) is 0 Å². The van der Waals surface area contributed by atoms with Gasteiger partial charge in [0.2, 0.25) is 10.1 Å². The third-order valence-electron chi connectivity index (χ3n) is 1.58. The minimum absolute atomic E-state index is 0.211. The van der Waals surface area contributed by atoms with Gasteiger partial charge < -0.3 is 14.2 Å². The summed E-state index contributed by atoms with van der Waals surface area (Å²) in [5.74, 6) is 0. The van der Waals surface area contributed by atoms with Gasteiger partial charge in [0.25, 0.3) is 0 Å². The maximum atomic E-state index is 5.61. The van der Waals surface area contributed by atoms with E-state index in [0.717, 1.165) is 4.48 Å². The molecule has 0 bridgehead atoms. The molecule has 1 aliphatic heterocycles. The van der Waals surface area contributed by atoms with Crippen LogP contribution in [0.1, 0.15) is 0 Å². The van der Waals surface area contributed by atoms with E-state index in [0.29, 0.717) is 19.8 Å². The van der Waals surface area contributed by atoms with Crippen molar-refractivity contribution in [1.82, 2.24) is 0 Å². The zero-order valence-corrected chi connectivity index (χ0v) is 11.6. The van der Waals surface area contributed by atoms with E-state index in [4.69, 9.17) is 49.0 Å².